The Morgan fingerprint density at radius 3 is 2.12 bits per heavy atom. The Morgan fingerprint density at radius 1 is 1.12 bits per heavy atom. The van der Waals surface area contributed by atoms with E-state index in [1.165, 1.54) is 5.19 Å². The number of hydrogen-bond donors (Lipinski definition) is 0. The second-order valence-corrected chi connectivity index (χ2v) is 4.99. The van der Waals surface area contributed by atoms with Crippen molar-refractivity contribution in [2.75, 3.05) is 0 Å². The summed E-state index contributed by atoms with van der Waals surface area (Å²) in [6, 6.07) is 10.6. The molecular weight excluding hydrogens is 227 g/mol. The largest absolute Gasteiger partial charge is 0.125 e. The lowest BCUT2D eigenvalue weighted by molar-refractivity contribution is 1.77. The summed E-state index contributed by atoms with van der Waals surface area (Å²) >= 11 is 2.49. The summed E-state index contributed by atoms with van der Waals surface area (Å²) in [4.78, 5) is 0. The van der Waals surface area contributed by atoms with Gasteiger partial charge in [0.1, 0.15) is 7.02 Å². The molecule has 0 heterocycles. The molecule has 0 atom stereocenters. The lowest BCUT2D eigenvalue weighted by atomic mass is 10.4. The van der Waals surface area contributed by atoms with Crippen LogP contribution in [0.15, 0.2) is 30.3 Å². The van der Waals surface area contributed by atoms with Crippen molar-refractivity contribution in [2.24, 2.45) is 0 Å². The second kappa shape index (κ2) is 3.24. The van der Waals surface area contributed by atoms with Crippen LogP contribution in [-0.2, 0) is 0 Å². The van der Waals surface area contributed by atoms with Crippen molar-refractivity contribution in [3.8, 4) is 0 Å². The van der Waals surface area contributed by atoms with E-state index in [4.69, 9.17) is 0 Å². The van der Waals surface area contributed by atoms with Gasteiger partial charge in [0.25, 0.3) is 0 Å². The van der Waals surface area contributed by atoms with Crippen LogP contribution in [0.2, 0.25) is 0 Å². The van der Waals surface area contributed by atoms with Crippen LogP contribution in [0.3, 0.4) is 0 Å². The number of benzene rings is 1. The van der Waals surface area contributed by atoms with Crippen molar-refractivity contribution in [1.82, 2.24) is 0 Å². The summed E-state index contributed by atoms with van der Waals surface area (Å²) in [5.74, 6) is 0. The average molecular weight is 234 g/mol. The van der Waals surface area contributed by atoms with E-state index in [2.05, 4.69) is 52.1 Å². The molecule has 1 aromatic rings. The third kappa shape index (κ3) is 1.59. The Morgan fingerprint density at radius 2 is 1.75 bits per heavy atom. The van der Waals surface area contributed by atoms with Crippen LogP contribution in [0.4, 0.5) is 0 Å². The Bertz CT molecular complexity index is 150. The molecule has 42 valence electrons. The molecule has 0 bridgehead atoms. The van der Waals surface area contributed by atoms with Gasteiger partial charge in [-0.25, -0.2) is 0 Å². The Labute approximate surface area is 64.3 Å². The van der Waals surface area contributed by atoms with Gasteiger partial charge in [-0.15, -0.1) is 21.8 Å². The predicted octanol–water partition coefficient (Wildman–Crippen LogP) is 0.831. The summed E-state index contributed by atoms with van der Waals surface area (Å²) in [6.07, 6.45) is 0. The normalized spacial score (nSPS) is 10.6. The molecule has 0 N–H and O–H groups in total. The minimum Gasteiger partial charge on any atom is -0.122 e. The van der Waals surface area contributed by atoms with Gasteiger partial charge in [-0.1, -0.05) is 35.5 Å². The van der Waals surface area contributed by atoms with E-state index < -0.39 is 0 Å². The summed E-state index contributed by atoms with van der Waals surface area (Å²) in [7, 11) is 0.0613. The Kier molecular flexibility index (Phi) is 2.55. The molecule has 2 heteroatoms. The summed E-state index contributed by atoms with van der Waals surface area (Å²) in [6.45, 7) is 0. The van der Waals surface area contributed by atoms with Crippen LogP contribution < -0.4 is 5.19 Å². The van der Waals surface area contributed by atoms with Crippen molar-refractivity contribution >= 4 is 34.0 Å². The molecule has 0 amide bonds. The lowest BCUT2D eigenvalue weighted by Crippen LogP contribution is -2.04. The molecule has 0 spiro atoms. The average Bonchev–Trinajstić information content (AvgIpc) is 1.90. The highest BCUT2D eigenvalue weighted by molar-refractivity contribution is 14.1. The molecule has 0 saturated carbocycles. The molecular formula is C6H7ISi. The molecule has 0 fully saturated rings. The van der Waals surface area contributed by atoms with E-state index in [0.717, 1.165) is 0 Å². The van der Waals surface area contributed by atoms with Crippen LogP contribution in [0.5, 0.6) is 0 Å². The molecule has 0 radical (unpaired) electrons. The van der Waals surface area contributed by atoms with E-state index in [9.17, 15) is 0 Å². The zero-order valence-corrected chi connectivity index (χ0v) is 8.04. The highest BCUT2D eigenvalue weighted by Gasteiger charge is 1.82. The van der Waals surface area contributed by atoms with Gasteiger partial charge in [0, 0.05) is 0 Å². The van der Waals surface area contributed by atoms with Gasteiger partial charge in [-0.05, 0) is 0 Å². The van der Waals surface area contributed by atoms with Gasteiger partial charge in [0.05, 0.1) is 0 Å². The van der Waals surface area contributed by atoms with Crippen LogP contribution in [0.1, 0.15) is 0 Å². The standard InChI is InChI=1S/C6H7ISi/c7-8-6-4-2-1-3-5-6/h1-5H,8H2. The third-order valence-electron chi connectivity index (χ3n) is 0.997. The first kappa shape index (κ1) is 6.29. The van der Waals surface area contributed by atoms with Gasteiger partial charge >= 0.3 is 0 Å². The molecule has 1 aromatic carbocycles. The minimum atomic E-state index is 0.0613. The smallest absolute Gasteiger partial charge is 0.122 e. The maximum absolute atomic E-state index is 2.49. The summed E-state index contributed by atoms with van der Waals surface area (Å²) in [5, 5.41) is 1.54. The molecule has 0 saturated heterocycles. The van der Waals surface area contributed by atoms with E-state index in [0.29, 0.717) is 0 Å². The first-order chi connectivity index (χ1) is 3.93. The highest BCUT2D eigenvalue weighted by atomic mass is 127. The molecule has 0 aliphatic carbocycles. The van der Waals surface area contributed by atoms with Gasteiger partial charge in [-0.2, -0.15) is 0 Å². The molecule has 8 heavy (non-hydrogen) atoms. The first-order valence-corrected chi connectivity index (χ1v) is 8.35. The van der Waals surface area contributed by atoms with Gasteiger partial charge in [0.2, 0.25) is 0 Å². The van der Waals surface area contributed by atoms with Gasteiger partial charge < -0.3 is 0 Å². The van der Waals surface area contributed by atoms with Crippen LogP contribution in [0, 0.1) is 0 Å². The number of hydrogen-bond acceptors (Lipinski definition) is 0. The number of halogens is 1. The van der Waals surface area contributed by atoms with E-state index >= 15 is 0 Å². The van der Waals surface area contributed by atoms with E-state index in [1.807, 2.05) is 0 Å². The fraction of sp³-hybridized carbons (Fsp3) is 0. The Balaban J connectivity index is 2.83. The first-order valence-electron chi connectivity index (χ1n) is 2.53. The molecule has 0 nitrogen and oxygen atoms in total. The lowest BCUT2D eigenvalue weighted by Gasteiger charge is -1.87. The van der Waals surface area contributed by atoms with E-state index in [1.54, 1.807) is 0 Å². The molecule has 0 unspecified atom stereocenters. The van der Waals surface area contributed by atoms with Crippen molar-refractivity contribution in [3.63, 3.8) is 0 Å². The maximum Gasteiger partial charge on any atom is 0.125 e. The van der Waals surface area contributed by atoms with Crippen LogP contribution in [-0.4, -0.2) is 7.02 Å². The summed E-state index contributed by atoms with van der Waals surface area (Å²) in [5.41, 5.74) is 0. The summed E-state index contributed by atoms with van der Waals surface area (Å²) < 4.78 is 0. The quantitative estimate of drug-likeness (QED) is 0.383. The second-order valence-electron chi connectivity index (χ2n) is 1.62. The van der Waals surface area contributed by atoms with Gasteiger partial charge in [0.15, 0.2) is 0 Å². The van der Waals surface area contributed by atoms with Crippen LogP contribution >= 0.6 is 21.8 Å². The topological polar surface area (TPSA) is 0 Å². The zero-order valence-electron chi connectivity index (χ0n) is 4.47. The predicted molar refractivity (Wildman–Crippen MR) is 48.6 cm³/mol. The molecule has 0 aromatic heterocycles. The zero-order chi connectivity index (χ0) is 5.82. The van der Waals surface area contributed by atoms with Crippen molar-refractivity contribution in [2.45, 2.75) is 0 Å². The van der Waals surface area contributed by atoms with Crippen molar-refractivity contribution in [1.29, 1.82) is 0 Å². The number of rotatable bonds is 1. The SMILES string of the molecule is I[SiH2]c1ccccc1. The fourth-order valence-electron chi connectivity index (χ4n) is 0.567. The monoisotopic (exact) mass is 234 g/mol. The maximum atomic E-state index is 2.49. The minimum absolute atomic E-state index is 0.0613. The van der Waals surface area contributed by atoms with Crippen molar-refractivity contribution in [3.05, 3.63) is 30.3 Å². The van der Waals surface area contributed by atoms with E-state index in [-0.39, 0.29) is 7.02 Å². The Hall–Kier alpha value is 0.167. The molecule has 0 aliphatic heterocycles. The highest BCUT2D eigenvalue weighted by Crippen LogP contribution is 1.83. The third-order valence-corrected chi connectivity index (χ3v) is 4.42. The fourth-order valence-corrected chi connectivity index (χ4v) is 2.54. The molecule has 0 aliphatic rings. The molecule has 1 rings (SSSR count). The van der Waals surface area contributed by atoms with Gasteiger partial charge in [-0.3, -0.25) is 0 Å². The van der Waals surface area contributed by atoms with Crippen LogP contribution in [0.25, 0.3) is 0 Å². The van der Waals surface area contributed by atoms with Crippen molar-refractivity contribution < 1.29 is 0 Å².